The Balaban J connectivity index is 2.56. The summed E-state index contributed by atoms with van der Waals surface area (Å²) >= 11 is 0. The van der Waals surface area contributed by atoms with Crippen LogP contribution in [0.5, 0.6) is 0 Å². The maximum atomic E-state index is 11.0. The van der Waals surface area contributed by atoms with Crippen LogP contribution in [0, 0.1) is 5.92 Å². The zero-order valence-corrected chi connectivity index (χ0v) is 6.39. The van der Waals surface area contributed by atoms with Crippen LogP contribution in [0.3, 0.4) is 0 Å². The summed E-state index contributed by atoms with van der Waals surface area (Å²) < 4.78 is 4.55. The van der Waals surface area contributed by atoms with Gasteiger partial charge in [0.25, 0.3) is 0 Å². The first-order chi connectivity index (χ1) is 4.59. The van der Waals surface area contributed by atoms with Crippen molar-refractivity contribution in [1.82, 2.24) is 0 Å². The molecule has 0 spiro atoms. The molecule has 0 heterocycles. The maximum absolute atomic E-state index is 11.0. The lowest BCUT2D eigenvalue weighted by Crippen LogP contribution is -2.47. The van der Waals surface area contributed by atoms with Crippen molar-refractivity contribution < 1.29 is 9.53 Å². The van der Waals surface area contributed by atoms with E-state index in [0.717, 1.165) is 12.8 Å². The van der Waals surface area contributed by atoms with Crippen LogP contribution in [0.25, 0.3) is 0 Å². The molecule has 0 aromatic rings. The molecule has 58 valence electrons. The summed E-state index contributed by atoms with van der Waals surface area (Å²) in [6.07, 6.45) is 2.12. The third-order valence-corrected chi connectivity index (χ3v) is 2.05. The van der Waals surface area contributed by atoms with Crippen molar-refractivity contribution in [2.24, 2.45) is 11.7 Å². The molecule has 0 aliphatic heterocycles. The van der Waals surface area contributed by atoms with Crippen molar-refractivity contribution in [3.63, 3.8) is 0 Å². The third kappa shape index (κ3) is 1.14. The van der Waals surface area contributed by atoms with Crippen molar-refractivity contribution in [2.45, 2.75) is 25.3 Å². The fourth-order valence-electron chi connectivity index (χ4n) is 1.07. The summed E-state index contributed by atoms with van der Waals surface area (Å²) in [5.74, 6) is 0.0509. The van der Waals surface area contributed by atoms with Crippen LogP contribution < -0.4 is 5.73 Å². The lowest BCUT2D eigenvalue weighted by Gasteiger charge is -2.20. The zero-order valence-electron chi connectivity index (χ0n) is 6.39. The Morgan fingerprint density at radius 2 is 2.20 bits per heavy atom. The van der Waals surface area contributed by atoms with Gasteiger partial charge in [-0.15, -0.1) is 0 Å². The minimum atomic E-state index is -0.741. The summed E-state index contributed by atoms with van der Waals surface area (Å²) in [6.45, 7) is 1.73. The van der Waals surface area contributed by atoms with Gasteiger partial charge in [0, 0.05) is 0 Å². The molecule has 0 bridgehead atoms. The number of nitrogens with two attached hydrogens (primary N) is 1. The summed E-state index contributed by atoms with van der Waals surface area (Å²) in [6, 6.07) is 0. The molecule has 0 unspecified atom stereocenters. The van der Waals surface area contributed by atoms with Gasteiger partial charge in [-0.1, -0.05) is 0 Å². The average molecular weight is 143 g/mol. The minimum absolute atomic E-state index is 0.296. The molecular formula is C7H13NO2. The van der Waals surface area contributed by atoms with Crippen LogP contribution in [0.1, 0.15) is 19.8 Å². The second-order valence-electron chi connectivity index (χ2n) is 3.05. The van der Waals surface area contributed by atoms with Crippen molar-refractivity contribution in [1.29, 1.82) is 0 Å². The van der Waals surface area contributed by atoms with Crippen molar-refractivity contribution >= 4 is 5.97 Å². The molecule has 0 aromatic heterocycles. The Kier molecular flexibility index (Phi) is 1.68. The number of esters is 1. The second kappa shape index (κ2) is 2.23. The summed E-state index contributed by atoms with van der Waals surface area (Å²) in [4.78, 5) is 11.0. The highest BCUT2D eigenvalue weighted by molar-refractivity contribution is 5.80. The van der Waals surface area contributed by atoms with E-state index in [4.69, 9.17) is 5.73 Å². The van der Waals surface area contributed by atoms with E-state index < -0.39 is 5.54 Å². The molecule has 3 heteroatoms. The van der Waals surface area contributed by atoms with Crippen molar-refractivity contribution in [3.8, 4) is 0 Å². The zero-order chi connectivity index (χ0) is 7.78. The normalized spacial score (nSPS) is 23.5. The Morgan fingerprint density at radius 3 is 2.50 bits per heavy atom. The van der Waals surface area contributed by atoms with E-state index in [-0.39, 0.29) is 5.97 Å². The van der Waals surface area contributed by atoms with Gasteiger partial charge in [-0.25, -0.2) is 0 Å². The van der Waals surface area contributed by atoms with Gasteiger partial charge < -0.3 is 10.5 Å². The Hall–Kier alpha value is -0.570. The third-order valence-electron chi connectivity index (χ3n) is 2.05. The Morgan fingerprint density at radius 1 is 1.70 bits per heavy atom. The van der Waals surface area contributed by atoms with Gasteiger partial charge in [0.15, 0.2) is 0 Å². The molecule has 0 aromatic carbocycles. The SMILES string of the molecule is COC(=O)[C@@](C)(N)C1CC1. The number of methoxy groups -OCH3 is 1. The topological polar surface area (TPSA) is 52.3 Å². The molecule has 0 radical (unpaired) electrons. The van der Waals surface area contributed by atoms with Gasteiger partial charge in [0.2, 0.25) is 0 Å². The summed E-state index contributed by atoms with van der Waals surface area (Å²) in [5.41, 5.74) is 4.96. The van der Waals surface area contributed by atoms with E-state index in [1.54, 1.807) is 6.92 Å². The highest BCUT2D eigenvalue weighted by atomic mass is 16.5. The van der Waals surface area contributed by atoms with E-state index in [9.17, 15) is 4.79 Å². The van der Waals surface area contributed by atoms with Crippen LogP contribution in [0.2, 0.25) is 0 Å². The van der Waals surface area contributed by atoms with Crippen LogP contribution in [-0.4, -0.2) is 18.6 Å². The number of carbonyl (C=O) groups excluding carboxylic acids is 1. The smallest absolute Gasteiger partial charge is 0.325 e. The first-order valence-corrected chi connectivity index (χ1v) is 3.46. The molecule has 1 fully saturated rings. The van der Waals surface area contributed by atoms with Gasteiger partial charge >= 0.3 is 5.97 Å². The molecule has 1 aliphatic rings. The van der Waals surface area contributed by atoms with Crippen molar-refractivity contribution in [2.75, 3.05) is 7.11 Å². The molecule has 0 saturated heterocycles. The van der Waals surface area contributed by atoms with Crippen LogP contribution in [0.4, 0.5) is 0 Å². The highest BCUT2D eigenvalue weighted by Gasteiger charge is 2.44. The number of hydrogen-bond donors (Lipinski definition) is 1. The predicted octanol–water partition coefficient (Wildman–Crippen LogP) is 0.287. The molecule has 0 amide bonds. The van der Waals surface area contributed by atoms with E-state index in [2.05, 4.69) is 4.74 Å². The van der Waals surface area contributed by atoms with Crippen LogP contribution in [0.15, 0.2) is 0 Å². The molecular weight excluding hydrogens is 130 g/mol. The van der Waals surface area contributed by atoms with Gasteiger partial charge in [0.05, 0.1) is 7.11 Å². The summed E-state index contributed by atoms with van der Waals surface area (Å²) in [5, 5.41) is 0. The van der Waals surface area contributed by atoms with Crippen LogP contribution in [-0.2, 0) is 9.53 Å². The molecule has 1 aliphatic carbocycles. The van der Waals surface area contributed by atoms with E-state index in [0.29, 0.717) is 5.92 Å². The fourth-order valence-corrected chi connectivity index (χ4v) is 1.07. The Labute approximate surface area is 60.5 Å². The van der Waals surface area contributed by atoms with Gasteiger partial charge in [-0.05, 0) is 25.7 Å². The number of rotatable bonds is 2. The average Bonchev–Trinajstić information content (AvgIpc) is 2.66. The monoisotopic (exact) mass is 143 g/mol. The quantitative estimate of drug-likeness (QED) is 0.565. The minimum Gasteiger partial charge on any atom is -0.468 e. The van der Waals surface area contributed by atoms with Crippen LogP contribution >= 0.6 is 0 Å². The van der Waals surface area contributed by atoms with E-state index in [1.165, 1.54) is 7.11 Å². The van der Waals surface area contributed by atoms with E-state index >= 15 is 0 Å². The predicted molar refractivity (Wildman–Crippen MR) is 37.3 cm³/mol. The largest absolute Gasteiger partial charge is 0.468 e. The van der Waals surface area contributed by atoms with E-state index in [1.807, 2.05) is 0 Å². The number of ether oxygens (including phenoxy) is 1. The number of carbonyl (C=O) groups is 1. The molecule has 1 atom stereocenters. The molecule has 3 nitrogen and oxygen atoms in total. The second-order valence-corrected chi connectivity index (χ2v) is 3.05. The molecule has 10 heavy (non-hydrogen) atoms. The Bertz CT molecular complexity index is 150. The lowest BCUT2D eigenvalue weighted by molar-refractivity contribution is -0.147. The first kappa shape index (κ1) is 7.54. The van der Waals surface area contributed by atoms with Crippen molar-refractivity contribution in [3.05, 3.63) is 0 Å². The fraction of sp³-hybridized carbons (Fsp3) is 0.857. The molecule has 2 N–H and O–H groups in total. The summed E-state index contributed by atoms with van der Waals surface area (Å²) in [7, 11) is 1.37. The highest BCUT2D eigenvalue weighted by Crippen LogP contribution is 2.38. The van der Waals surface area contributed by atoms with Gasteiger partial charge in [-0.3, -0.25) is 4.79 Å². The van der Waals surface area contributed by atoms with Gasteiger partial charge in [-0.2, -0.15) is 0 Å². The standard InChI is InChI=1S/C7H13NO2/c1-7(8,5-3-4-5)6(9)10-2/h5H,3-4,8H2,1-2H3/t7-/m0/s1. The molecule has 1 saturated carbocycles. The van der Waals surface area contributed by atoms with Gasteiger partial charge in [0.1, 0.15) is 5.54 Å². The maximum Gasteiger partial charge on any atom is 0.325 e. The first-order valence-electron chi connectivity index (χ1n) is 3.46. The lowest BCUT2D eigenvalue weighted by atomic mass is 9.98. The molecule has 1 rings (SSSR count). The number of hydrogen-bond acceptors (Lipinski definition) is 3.